The van der Waals surface area contributed by atoms with Crippen LogP contribution in [-0.4, -0.2) is 30.6 Å². The molecule has 0 atom stereocenters. The first-order chi connectivity index (χ1) is 10.1. The van der Waals surface area contributed by atoms with Gasteiger partial charge in [-0.2, -0.15) is 4.98 Å². The van der Waals surface area contributed by atoms with Crippen LogP contribution in [0.4, 0.5) is 23.1 Å². The maximum absolute atomic E-state index is 4.43. The monoisotopic (exact) mass is 283 g/mol. The maximum Gasteiger partial charge on any atom is 0.225 e. The highest BCUT2D eigenvalue weighted by Gasteiger charge is 2.02. The topological polar surface area (TPSA) is 53.1 Å². The van der Waals surface area contributed by atoms with E-state index in [1.165, 1.54) is 0 Å². The third-order valence-electron chi connectivity index (χ3n) is 2.91. The Bertz CT molecular complexity index is 605. The fourth-order valence-corrected chi connectivity index (χ4v) is 1.87. The molecular weight excluding hydrogens is 262 g/mol. The number of nitrogens with one attached hydrogen (secondary N) is 2. The number of nitrogens with zero attached hydrogens (tertiary/aromatic N) is 3. The van der Waals surface area contributed by atoms with Gasteiger partial charge in [0, 0.05) is 43.8 Å². The first kappa shape index (κ1) is 14.8. The summed E-state index contributed by atoms with van der Waals surface area (Å²) in [6.45, 7) is 6.26. The average molecular weight is 283 g/mol. The summed E-state index contributed by atoms with van der Waals surface area (Å²) in [6, 6.07) is 10.1. The van der Waals surface area contributed by atoms with Gasteiger partial charge in [0.1, 0.15) is 5.82 Å². The van der Waals surface area contributed by atoms with Crippen molar-refractivity contribution in [3.8, 4) is 0 Å². The van der Waals surface area contributed by atoms with E-state index in [4.69, 9.17) is 0 Å². The van der Waals surface area contributed by atoms with Gasteiger partial charge in [0.05, 0.1) is 0 Å². The summed E-state index contributed by atoms with van der Waals surface area (Å²) >= 11 is 0. The van der Waals surface area contributed by atoms with Gasteiger partial charge < -0.3 is 15.5 Å². The summed E-state index contributed by atoms with van der Waals surface area (Å²) in [5.74, 6) is 1.37. The summed E-state index contributed by atoms with van der Waals surface area (Å²) in [7, 11) is 4.04. The molecule has 0 aliphatic rings. The minimum absolute atomic E-state index is 0.599. The molecule has 1 aromatic heterocycles. The Morgan fingerprint density at radius 2 is 1.90 bits per heavy atom. The van der Waals surface area contributed by atoms with Crippen molar-refractivity contribution in [2.24, 2.45) is 0 Å². The van der Waals surface area contributed by atoms with E-state index in [-0.39, 0.29) is 0 Å². The van der Waals surface area contributed by atoms with Gasteiger partial charge in [0.15, 0.2) is 0 Å². The minimum Gasteiger partial charge on any atom is -0.378 e. The Balaban J connectivity index is 2.14. The summed E-state index contributed by atoms with van der Waals surface area (Å²) in [4.78, 5) is 10.8. The lowest BCUT2D eigenvalue weighted by Gasteiger charge is -2.13. The van der Waals surface area contributed by atoms with E-state index < -0.39 is 0 Å². The van der Waals surface area contributed by atoms with E-state index in [1.54, 1.807) is 6.08 Å². The molecular formula is C16H21N5. The SMILES string of the molecule is C=CCNc1nc(C)cc(Nc2ccc(N(C)C)cc2)n1. The number of benzene rings is 1. The third-order valence-corrected chi connectivity index (χ3v) is 2.91. The zero-order valence-corrected chi connectivity index (χ0v) is 12.7. The Labute approximate surface area is 125 Å². The summed E-state index contributed by atoms with van der Waals surface area (Å²) in [6.07, 6.45) is 1.78. The molecule has 21 heavy (non-hydrogen) atoms. The molecule has 0 saturated heterocycles. The van der Waals surface area contributed by atoms with Gasteiger partial charge in [0.25, 0.3) is 0 Å². The van der Waals surface area contributed by atoms with Crippen LogP contribution in [0.15, 0.2) is 43.0 Å². The zero-order chi connectivity index (χ0) is 15.2. The zero-order valence-electron chi connectivity index (χ0n) is 12.7. The van der Waals surface area contributed by atoms with Gasteiger partial charge in [-0.15, -0.1) is 6.58 Å². The number of aryl methyl sites for hydroxylation is 1. The fourth-order valence-electron chi connectivity index (χ4n) is 1.87. The predicted octanol–water partition coefficient (Wildman–Crippen LogP) is 3.19. The van der Waals surface area contributed by atoms with E-state index in [9.17, 15) is 0 Å². The van der Waals surface area contributed by atoms with E-state index >= 15 is 0 Å². The fraction of sp³-hybridized carbons (Fsp3) is 0.250. The standard InChI is InChI=1S/C16H21N5/c1-5-10-17-16-18-12(2)11-15(20-16)19-13-6-8-14(9-7-13)21(3)4/h5-9,11H,1,10H2,2-4H3,(H2,17,18,19,20). The summed E-state index contributed by atoms with van der Waals surface area (Å²) in [5.41, 5.74) is 3.06. The smallest absolute Gasteiger partial charge is 0.225 e. The molecule has 0 fully saturated rings. The predicted molar refractivity (Wildman–Crippen MR) is 89.5 cm³/mol. The minimum atomic E-state index is 0.599. The Morgan fingerprint density at radius 1 is 1.19 bits per heavy atom. The van der Waals surface area contributed by atoms with E-state index in [2.05, 4.69) is 44.2 Å². The van der Waals surface area contributed by atoms with Crippen molar-refractivity contribution in [3.05, 3.63) is 48.7 Å². The molecule has 0 aliphatic heterocycles. The normalized spacial score (nSPS) is 10.0. The molecule has 0 aliphatic carbocycles. The van der Waals surface area contributed by atoms with Crippen LogP contribution in [0, 0.1) is 6.92 Å². The molecule has 2 aromatic rings. The molecule has 0 unspecified atom stereocenters. The number of anilines is 4. The van der Waals surface area contributed by atoms with Crippen LogP contribution < -0.4 is 15.5 Å². The first-order valence-corrected chi connectivity index (χ1v) is 6.83. The summed E-state index contributed by atoms with van der Waals surface area (Å²) in [5, 5.41) is 6.39. The maximum atomic E-state index is 4.43. The highest BCUT2D eigenvalue weighted by molar-refractivity contribution is 5.61. The highest BCUT2D eigenvalue weighted by atomic mass is 15.1. The van der Waals surface area contributed by atoms with Crippen LogP contribution in [0.1, 0.15) is 5.69 Å². The average Bonchev–Trinajstić information content (AvgIpc) is 2.45. The van der Waals surface area contributed by atoms with Crippen LogP contribution in [-0.2, 0) is 0 Å². The summed E-state index contributed by atoms with van der Waals surface area (Å²) < 4.78 is 0. The van der Waals surface area contributed by atoms with Crippen molar-refractivity contribution < 1.29 is 0 Å². The van der Waals surface area contributed by atoms with Crippen molar-refractivity contribution in [1.82, 2.24) is 9.97 Å². The molecule has 0 amide bonds. The van der Waals surface area contributed by atoms with E-state index in [1.807, 2.05) is 39.2 Å². The molecule has 0 radical (unpaired) electrons. The first-order valence-electron chi connectivity index (χ1n) is 6.83. The number of rotatable bonds is 6. The van der Waals surface area contributed by atoms with Crippen molar-refractivity contribution in [2.45, 2.75) is 6.92 Å². The van der Waals surface area contributed by atoms with Gasteiger partial charge in [-0.25, -0.2) is 4.98 Å². The van der Waals surface area contributed by atoms with Crippen molar-refractivity contribution in [2.75, 3.05) is 36.2 Å². The van der Waals surface area contributed by atoms with Crippen molar-refractivity contribution in [1.29, 1.82) is 0 Å². The lowest BCUT2D eigenvalue weighted by Crippen LogP contribution is -2.08. The molecule has 5 nitrogen and oxygen atoms in total. The van der Waals surface area contributed by atoms with Crippen LogP contribution in [0.25, 0.3) is 0 Å². The van der Waals surface area contributed by atoms with Crippen molar-refractivity contribution >= 4 is 23.1 Å². The van der Waals surface area contributed by atoms with Gasteiger partial charge in [-0.3, -0.25) is 0 Å². The van der Waals surface area contributed by atoms with E-state index in [0.717, 1.165) is 22.9 Å². The molecule has 0 saturated carbocycles. The van der Waals surface area contributed by atoms with Crippen LogP contribution >= 0.6 is 0 Å². The molecule has 1 aromatic carbocycles. The molecule has 2 N–H and O–H groups in total. The second-order valence-corrected chi connectivity index (χ2v) is 4.95. The van der Waals surface area contributed by atoms with Gasteiger partial charge in [0.2, 0.25) is 5.95 Å². The van der Waals surface area contributed by atoms with Crippen LogP contribution in [0.2, 0.25) is 0 Å². The van der Waals surface area contributed by atoms with Crippen LogP contribution in [0.5, 0.6) is 0 Å². The Morgan fingerprint density at radius 3 is 2.52 bits per heavy atom. The molecule has 110 valence electrons. The number of hydrogen-bond acceptors (Lipinski definition) is 5. The van der Waals surface area contributed by atoms with Crippen LogP contribution in [0.3, 0.4) is 0 Å². The number of hydrogen-bond donors (Lipinski definition) is 2. The van der Waals surface area contributed by atoms with Crippen molar-refractivity contribution in [3.63, 3.8) is 0 Å². The van der Waals surface area contributed by atoms with Gasteiger partial charge >= 0.3 is 0 Å². The highest BCUT2D eigenvalue weighted by Crippen LogP contribution is 2.20. The van der Waals surface area contributed by atoms with Gasteiger partial charge in [-0.1, -0.05) is 6.08 Å². The van der Waals surface area contributed by atoms with E-state index in [0.29, 0.717) is 12.5 Å². The molecule has 2 rings (SSSR count). The molecule has 0 bridgehead atoms. The Hall–Kier alpha value is -2.56. The molecule has 5 heteroatoms. The number of aromatic nitrogens is 2. The second-order valence-electron chi connectivity index (χ2n) is 4.95. The third kappa shape index (κ3) is 4.21. The Kier molecular flexibility index (Phi) is 4.77. The molecule has 0 spiro atoms. The van der Waals surface area contributed by atoms with Gasteiger partial charge in [-0.05, 0) is 31.2 Å². The lowest BCUT2D eigenvalue weighted by molar-refractivity contribution is 1.08. The molecule has 1 heterocycles. The largest absolute Gasteiger partial charge is 0.378 e. The quantitative estimate of drug-likeness (QED) is 0.797. The lowest BCUT2D eigenvalue weighted by atomic mass is 10.2. The second kappa shape index (κ2) is 6.74.